The highest BCUT2D eigenvalue weighted by Crippen LogP contribution is 2.21. The Hall–Kier alpha value is -2.90. The van der Waals surface area contributed by atoms with Crippen LogP contribution in [0.3, 0.4) is 0 Å². The highest BCUT2D eigenvalue weighted by Gasteiger charge is 2.24. The molecule has 8 heteroatoms. The number of carboxylic acids is 1. The Morgan fingerprint density at radius 1 is 1.31 bits per heavy atom. The lowest BCUT2D eigenvalue weighted by molar-refractivity contribution is -0.141. The van der Waals surface area contributed by atoms with Crippen molar-refractivity contribution in [2.75, 3.05) is 19.7 Å². The largest absolute Gasteiger partial charge is 0.492 e. The van der Waals surface area contributed by atoms with E-state index < -0.39 is 5.97 Å². The van der Waals surface area contributed by atoms with Gasteiger partial charge in [-0.2, -0.15) is 5.10 Å². The van der Waals surface area contributed by atoms with Gasteiger partial charge in [-0.25, -0.2) is 0 Å². The lowest BCUT2D eigenvalue weighted by Gasteiger charge is -2.32. The molecule has 1 fully saturated rings. The fourth-order valence-electron chi connectivity index (χ4n) is 3.04. The Bertz CT molecular complexity index is 730. The molecule has 2 N–H and O–H groups in total. The standard InChI is InChI=1S/C18H22N4O4/c23-17(5-6-18(24)25)22-9-1-2-13(11-22)12-26-14-3-4-15(19-10-14)16-7-8-20-21-16/h3-4,7-8,10,13H,1-2,5-6,9,11-12H2,(H,20,21)(H,24,25)/t13-/m0/s1. The fourth-order valence-corrected chi connectivity index (χ4v) is 3.04. The molecule has 0 bridgehead atoms. The zero-order chi connectivity index (χ0) is 18.4. The lowest BCUT2D eigenvalue weighted by Crippen LogP contribution is -2.41. The number of amides is 1. The van der Waals surface area contributed by atoms with E-state index in [9.17, 15) is 9.59 Å². The Kier molecular flexibility index (Phi) is 5.83. The molecule has 8 nitrogen and oxygen atoms in total. The van der Waals surface area contributed by atoms with Gasteiger partial charge in [-0.05, 0) is 31.0 Å². The Morgan fingerprint density at radius 2 is 2.19 bits per heavy atom. The first-order valence-electron chi connectivity index (χ1n) is 8.70. The number of carboxylic acid groups (broad SMARTS) is 1. The number of likely N-dealkylation sites (tertiary alicyclic amines) is 1. The first-order chi connectivity index (χ1) is 12.6. The number of hydrogen-bond acceptors (Lipinski definition) is 5. The molecule has 0 unspecified atom stereocenters. The number of H-pyrrole nitrogens is 1. The van der Waals surface area contributed by atoms with Gasteiger partial charge in [0.25, 0.3) is 0 Å². The molecule has 0 aliphatic carbocycles. The maximum absolute atomic E-state index is 12.1. The highest BCUT2D eigenvalue weighted by atomic mass is 16.5. The summed E-state index contributed by atoms with van der Waals surface area (Å²) in [6, 6.07) is 5.58. The summed E-state index contributed by atoms with van der Waals surface area (Å²) in [6.45, 7) is 1.81. The predicted molar refractivity (Wildman–Crippen MR) is 93.5 cm³/mol. The van der Waals surface area contributed by atoms with Crippen LogP contribution < -0.4 is 4.74 Å². The van der Waals surface area contributed by atoms with Gasteiger partial charge in [0.05, 0.1) is 30.6 Å². The molecule has 2 aromatic rings. The molecule has 0 spiro atoms. The second kappa shape index (κ2) is 8.46. The number of hydrogen-bond donors (Lipinski definition) is 2. The number of carbonyl (C=O) groups excluding carboxylic acids is 1. The molecule has 3 heterocycles. The van der Waals surface area contributed by atoms with Gasteiger partial charge in [0.15, 0.2) is 0 Å². The van der Waals surface area contributed by atoms with Crippen LogP contribution in [0, 0.1) is 5.92 Å². The van der Waals surface area contributed by atoms with Crippen LogP contribution >= 0.6 is 0 Å². The van der Waals surface area contributed by atoms with E-state index in [1.807, 2.05) is 18.2 Å². The van der Waals surface area contributed by atoms with Crippen LogP contribution in [-0.2, 0) is 9.59 Å². The van der Waals surface area contributed by atoms with Crippen LogP contribution in [0.1, 0.15) is 25.7 Å². The summed E-state index contributed by atoms with van der Waals surface area (Å²) in [5, 5.41) is 15.5. The van der Waals surface area contributed by atoms with Gasteiger partial charge in [-0.3, -0.25) is 19.7 Å². The summed E-state index contributed by atoms with van der Waals surface area (Å²) in [4.78, 5) is 28.8. The lowest BCUT2D eigenvalue weighted by atomic mass is 9.98. The third-order valence-electron chi connectivity index (χ3n) is 4.42. The molecule has 138 valence electrons. The third kappa shape index (κ3) is 4.81. The summed E-state index contributed by atoms with van der Waals surface area (Å²) in [6.07, 6.45) is 5.18. The number of aromatic nitrogens is 3. The zero-order valence-corrected chi connectivity index (χ0v) is 14.4. The molecule has 0 radical (unpaired) electrons. The minimum absolute atomic E-state index is 0.0574. The molecule has 0 saturated carbocycles. The zero-order valence-electron chi connectivity index (χ0n) is 14.4. The van der Waals surface area contributed by atoms with Crippen molar-refractivity contribution in [3.63, 3.8) is 0 Å². The van der Waals surface area contributed by atoms with E-state index in [4.69, 9.17) is 9.84 Å². The maximum atomic E-state index is 12.1. The number of piperidine rings is 1. The van der Waals surface area contributed by atoms with Crippen molar-refractivity contribution < 1.29 is 19.4 Å². The molecule has 3 rings (SSSR count). The summed E-state index contributed by atoms with van der Waals surface area (Å²) in [5.41, 5.74) is 1.64. The van der Waals surface area contributed by atoms with Gasteiger partial charge in [-0.1, -0.05) is 0 Å². The second-order valence-corrected chi connectivity index (χ2v) is 6.40. The van der Waals surface area contributed by atoms with Crippen molar-refractivity contribution in [3.8, 4) is 17.1 Å². The van der Waals surface area contributed by atoms with Gasteiger partial charge in [0, 0.05) is 31.6 Å². The molecule has 26 heavy (non-hydrogen) atoms. The van der Waals surface area contributed by atoms with E-state index in [1.54, 1.807) is 17.3 Å². The topological polar surface area (TPSA) is 108 Å². The molecule has 1 aliphatic rings. The summed E-state index contributed by atoms with van der Waals surface area (Å²) in [7, 11) is 0. The van der Waals surface area contributed by atoms with Gasteiger partial charge in [0.1, 0.15) is 5.75 Å². The molecule has 0 aromatic carbocycles. The van der Waals surface area contributed by atoms with Crippen molar-refractivity contribution in [1.29, 1.82) is 0 Å². The van der Waals surface area contributed by atoms with Crippen molar-refractivity contribution in [1.82, 2.24) is 20.1 Å². The Morgan fingerprint density at radius 3 is 2.88 bits per heavy atom. The van der Waals surface area contributed by atoms with Gasteiger partial charge in [-0.15, -0.1) is 0 Å². The van der Waals surface area contributed by atoms with E-state index in [-0.39, 0.29) is 24.7 Å². The fraction of sp³-hybridized carbons (Fsp3) is 0.444. The normalized spacial score (nSPS) is 17.1. The van der Waals surface area contributed by atoms with Crippen molar-refractivity contribution >= 4 is 11.9 Å². The second-order valence-electron chi connectivity index (χ2n) is 6.40. The Labute approximate surface area is 151 Å². The monoisotopic (exact) mass is 358 g/mol. The van der Waals surface area contributed by atoms with Crippen molar-refractivity contribution in [3.05, 3.63) is 30.6 Å². The van der Waals surface area contributed by atoms with Gasteiger partial charge < -0.3 is 14.7 Å². The van der Waals surface area contributed by atoms with Crippen LogP contribution in [0.4, 0.5) is 0 Å². The molecule has 1 atom stereocenters. The number of rotatable bonds is 7. The van der Waals surface area contributed by atoms with Gasteiger partial charge in [0.2, 0.25) is 5.91 Å². The van der Waals surface area contributed by atoms with Crippen LogP contribution in [-0.4, -0.2) is 56.8 Å². The number of nitrogens with one attached hydrogen (secondary N) is 1. The predicted octanol–water partition coefficient (Wildman–Crippen LogP) is 1.95. The summed E-state index contributed by atoms with van der Waals surface area (Å²) in [5.74, 6) is -0.114. The van der Waals surface area contributed by atoms with Crippen molar-refractivity contribution in [2.24, 2.45) is 5.92 Å². The SMILES string of the molecule is O=C(O)CCC(=O)N1CCC[C@H](COc2ccc(-c3ccn[nH]3)nc2)C1. The number of ether oxygens (including phenoxy) is 1. The highest BCUT2D eigenvalue weighted by molar-refractivity contribution is 5.80. The number of nitrogens with zero attached hydrogens (tertiary/aromatic N) is 3. The number of pyridine rings is 1. The van der Waals surface area contributed by atoms with Crippen LogP contribution in [0.5, 0.6) is 5.75 Å². The smallest absolute Gasteiger partial charge is 0.303 e. The first-order valence-corrected chi connectivity index (χ1v) is 8.70. The minimum atomic E-state index is -0.943. The summed E-state index contributed by atoms with van der Waals surface area (Å²) >= 11 is 0. The van der Waals surface area contributed by atoms with E-state index in [2.05, 4.69) is 15.2 Å². The van der Waals surface area contributed by atoms with Crippen LogP contribution in [0.15, 0.2) is 30.6 Å². The average molecular weight is 358 g/mol. The molecular weight excluding hydrogens is 336 g/mol. The van der Waals surface area contributed by atoms with E-state index in [0.717, 1.165) is 24.2 Å². The third-order valence-corrected chi connectivity index (χ3v) is 4.42. The van der Waals surface area contributed by atoms with Crippen LogP contribution in [0.2, 0.25) is 0 Å². The summed E-state index contributed by atoms with van der Waals surface area (Å²) < 4.78 is 5.82. The molecule has 1 amide bonds. The van der Waals surface area contributed by atoms with E-state index in [1.165, 1.54) is 0 Å². The quantitative estimate of drug-likeness (QED) is 0.783. The number of aromatic amines is 1. The number of aliphatic carboxylic acids is 1. The van der Waals surface area contributed by atoms with Crippen LogP contribution in [0.25, 0.3) is 11.4 Å². The van der Waals surface area contributed by atoms with Crippen molar-refractivity contribution in [2.45, 2.75) is 25.7 Å². The van der Waals surface area contributed by atoms with Gasteiger partial charge >= 0.3 is 5.97 Å². The maximum Gasteiger partial charge on any atom is 0.303 e. The Balaban J connectivity index is 1.48. The number of carbonyl (C=O) groups is 2. The molecule has 1 saturated heterocycles. The first kappa shape index (κ1) is 17.9. The molecule has 1 aliphatic heterocycles. The minimum Gasteiger partial charge on any atom is -0.492 e. The average Bonchev–Trinajstić information content (AvgIpc) is 3.20. The van der Waals surface area contributed by atoms with E-state index in [0.29, 0.717) is 25.4 Å². The van der Waals surface area contributed by atoms with E-state index >= 15 is 0 Å². The molecular formula is C18H22N4O4. The molecule has 2 aromatic heterocycles.